The minimum atomic E-state index is -0.325. The van der Waals surface area contributed by atoms with Gasteiger partial charge in [-0.15, -0.1) is 16.4 Å². The molecule has 0 unspecified atom stereocenters. The van der Waals surface area contributed by atoms with Crippen LogP contribution in [0.4, 0.5) is 10.3 Å². The molecular weight excluding hydrogens is 431 g/mol. The lowest BCUT2D eigenvalue weighted by molar-refractivity contribution is 0.0937. The largest absolute Gasteiger partial charge is 0.366 e. The Morgan fingerprint density at radius 3 is 2.62 bits per heavy atom. The van der Waals surface area contributed by atoms with E-state index in [-0.39, 0.29) is 29.6 Å². The van der Waals surface area contributed by atoms with Gasteiger partial charge >= 0.3 is 0 Å². The number of hydrogen-bond acceptors (Lipinski definition) is 6. The number of anilines is 1. The standard InChI is InChI=1S/C22H21FN6O2S/c1-3-25-20(30)17-8-14(10-19-27-22(24)28-29(17)19)15-9-18(32-11-15)21(31)26-12(2)13-4-6-16(23)7-5-13/h4-12H,3H2,1-2H3,(H2,24,28)(H,25,30)(H,26,31)/t12-/m0/s1. The van der Waals surface area contributed by atoms with Gasteiger partial charge in [-0.1, -0.05) is 12.1 Å². The van der Waals surface area contributed by atoms with Gasteiger partial charge in [-0.3, -0.25) is 9.59 Å². The van der Waals surface area contributed by atoms with Crippen molar-refractivity contribution in [3.8, 4) is 11.1 Å². The smallest absolute Gasteiger partial charge is 0.270 e. The van der Waals surface area contributed by atoms with E-state index in [1.165, 1.54) is 28.0 Å². The first kappa shape index (κ1) is 21.4. The number of benzene rings is 1. The number of hydrogen-bond donors (Lipinski definition) is 3. The molecule has 1 atom stereocenters. The summed E-state index contributed by atoms with van der Waals surface area (Å²) >= 11 is 1.29. The fourth-order valence-electron chi connectivity index (χ4n) is 3.29. The van der Waals surface area contributed by atoms with Crippen LogP contribution >= 0.6 is 11.3 Å². The minimum absolute atomic E-state index is 0.0628. The molecule has 0 aliphatic rings. The van der Waals surface area contributed by atoms with E-state index in [2.05, 4.69) is 20.7 Å². The van der Waals surface area contributed by atoms with Crippen LogP contribution in [0.3, 0.4) is 0 Å². The van der Waals surface area contributed by atoms with Gasteiger partial charge in [-0.25, -0.2) is 8.91 Å². The highest BCUT2D eigenvalue weighted by Gasteiger charge is 2.18. The van der Waals surface area contributed by atoms with Crippen LogP contribution in [0.15, 0.2) is 47.8 Å². The summed E-state index contributed by atoms with van der Waals surface area (Å²) in [6, 6.07) is 10.9. The van der Waals surface area contributed by atoms with Crippen molar-refractivity contribution in [3.63, 3.8) is 0 Å². The van der Waals surface area contributed by atoms with E-state index in [4.69, 9.17) is 5.73 Å². The summed E-state index contributed by atoms with van der Waals surface area (Å²) in [5.41, 5.74) is 8.74. The average molecular weight is 453 g/mol. The molecule has 32 heavy (non-hydrogen) atoms. The highest BCUT2D eigenvalue weighted by Crippen LogP contribution is 2.28. The predicted molar refractivity (Wildman–Crippen MR) is 121 cm³/mol. The number of nitrogens with one attached hydrogen (secondary N) is 2. The Kier molecular flexibility index (Phi) is 5.87. The highest BCUT2D eigenvalue weighted by molar-refractivity contribution is 7.12. The van der Waals surface area contributed by atoms with Crippen molar-refractivity contribution >= 4 is 34.7 Å². The molecule has 0 spiro atoms. The van der Waals surface area contributed by atoms with E-state index in [9.17, 15) is 14.0 Å². The Balaban J connectivity index is 1.60. The van der Waals surface area contributed by atoms with Crippen molar-refractivity contribution in [2.75, 3.05) is 12.3 Å². The molecular formula is C22H21FN6O2S. The lowest BCUT2D eigenvalue weighted by Crippen LogP contribution is -2.25. The van der Waals surface area contributed by atoms with Crippen LogP contribution in [-0.4, -0.2) is 33.0 Å². The molecule has 4 aromatic rings. The molecule has 3 aromatic heterocycles. The number of halogens is 1. The first-order valence-electron chi connectivity index (χ1n) is 9.95. The number of carbonyl (C=O) groups is 2. The van der Waals surface area contributed by atoms with Gasteiger partial charge in [0.1, 0.15) is 11.5 Å². The molecule has 0 aliphatic carbocycles. The summed E-state index contributed by atoms with van der Waals surface area (Å²) in [6.07, 6.45) is 0. The van der Waals surface area contributed by atoms with E-state index in [0.29, 0.717) is 28.3 Å². The molecule has 8 nitrogen and oxygen atoms in total. The van der Waals surface area contributed by atoms with Gasteiger partial charge in [-0.2, -0.15) is 4.98 Å². The Bertz CT molecular complexity index is 1300. The van der Waals surface area contributed by atoms with Crippen LogP contribution in [0.25, 0.3) is 16.8 Å². The fourth-order valence-corrected chi connectivity index (χ4v) is 4.11. The maximum absolute atomic E-state index is 13.1. The molecule has 3 heterocycles. The van der Waals surface area contributed by atoms with Gasteiger partial charge in [0.15, 0.2) is 5.65 Å². The van der Waals surface area contributed by atoms with E-state index < -0.39 is 0 Å². The quantitative estimate of drug-likeness (QED) is 0.415. The zero-order valence-corrected chi connectivity index (χ0v) is 18.2. The van der Waals surface area contributed by atoms with E-state index in [1.807, 2.05) is 19.2 Å². The molecule has 0 aliphatic heterocycles. The first-order chi connectivity index (χ1) is 15.4. The van der Waals surface area contributed by atoms with Crippen molar-refractivity contribution in [1.29, 1.82) is 0 Å². The molecule has 0 saturated carbocycles. The van der Waals surface area contributed by atoms with Crippen molar-refractivity contribution in [2.24, 2.45) is 0 Å². The third-order valence-electron chi connectivity index (χ3n) is 4.90. The van der Waals surface area contributed by atoms with Crippen molar-refractivity contribution in [1.82, 2.24) is 25.2 Å². The molecule has 2 amide bonds. The van der Waals surface area contributed by atoms with Crippen LogP contribution in [-0.2, 0) is 0 Å². The highest BCUT2D eigenvalue weighted by atomic mass is 32.1. The molecule has 0 bridgehead atoms. The van der Waals surface area contributed by atoms with Crippen molar-refractivity contribution in [2.45, 2.75) is 19.9 Å². The normalized spacial score (nSPS) is 12.0. The number of amides is 2. The van der Waals surface area contributed by atoms with Crippen LogP contribution < -0.4 is 16.4 Å². The molecule has 1 aromatic carbocycles. The Hall–Kier alpha value is -3.79. The summed E-state index contributed by atoms with van der Waals surface area (Å²) < 4.78 is 14.5. The number of aromatic nitrogens is 3. The van der Waals surface area contributed by atoms with Gasteiger partial charge in [0.2, 0.25) is 5.95 Å². The van der Waals surface area contributed by atoms with Gasteiger partial charge in [0.25, 0.3) is 11.8 Å². The lowest BCUT2D eigenvalue weighted by atomic mass is 10.1. The molecule has 164 valence electrons. The number of nitrogen functional groups attached to an aromatic ring is 1. The minimum Gasteiger partial charge on any atom is -0.366 e. The monoisotopic (exact) mass is 452 g/mol. The summed E-state index contributed by atoms with van der Waals surface area (Å²) in [5, 5.41) is 11.6. The fraction of sp³-hybridized carbons (Fsp3) is 0.182. The molecule has 0 saturated heterocycles. The number of thiophene rings is 1. The second-order valence-electron chi connectivity index (χ2n) is 7.18. The second-order valence-corrected chi connectivity index (χ2v) is 8.09. The summed E-state index contributed by atoms with van der Waals surface area (Å²) in [7, 11) is 0. The number of rotatable bonds is 6. The lowest BCUT2D eigenvalue weighted by Gasteiger charge is -2.13. The summed E-state index contributed by atoms with van der Waals surface area (Å²) in [5.74, 6) is -0.804. The SMILES string of the molecule is CCNC(=O)c1cc(-c2csc(C(=O)N[C@@H](C)c3ccc(F)cc3)c2)cc2nc(N)nn12. The topological polar surface area (TPSA) is 114 Å². The number of nitrogens with zero attached hydrogens (tertiary/aromatic N) is 3. The Morgan fingerprint density at radius 2 is 1.91 bits per heavy atom. The molecule has 0 fully saturated rings. The zero-order chi connectivity index (χ0) is 22.8. The van der Waals surface area contributed by atoms with Crippen LogP contribution in [0.2, 0.25) is 0 Å². The van der Waals surface area contributed by atoms with Gasteiger partial charge in [0, 0.05) is 6.54 Å². The van der Waals surface area contributed by atoms with E-state index in [0.717, 1.165) is 11.1 Å². The van der Waals surface area contributed by atoms with Crippen LogP contribution in [0.5, 0.6) is 0 Å². The molecule has 0 radical (unpaired) electrons. The summed E-state index contributed by atoms with van der Waals surface area (Å²) in [6.45, 7) is 4.12. The number of carbonyl (C=O) groups excluding carboxylic acids is 2. The second kappa shape index (κ2) is 8.75. The number of pyridine rings is 1. The Labute approximate surface area is 187 Å². The van der Waals surface area contributed by atoms with Crippen molar-refractivity contribution < 1.29 is 14.0 Å². The van der Waals surface area contributed by atoms with Gasteiger partial charge in [0.05, 0.1) is 10.9 Å². The number of fused-ring (bicyclic) bond motifs is 1. The van der Waals surface area contributed by atoms with Gasteiger partial charge in [-0.05, 0) is 66.2 Å². The average Bonchev–Trinajstić information content (AvgIpc) is 3.39. The predicted octanol–water partition coefficient (Wildman–Crippen LogP) is 3.42. The van der Waals surface area contributed by atoms with E-state index in [1.54, 1.807) is 30.3 Å². The molecule has 4 N–H and O–H groups in total. The first-order valence-corrected chi connectivity index (χ1v) is 10.8. The third kappa shape index (κ3) is 4.30. The molecule has 10 heteroatoms. The van der Waals surface area contributed by atoms with Crippen LogP contribution in [0, 0.1) is 5.82 Å². The molecule has 4 rings (SSSR count). The maximum Gasteiger partial charge on any atom is 0.270 e. The maximum atomic E-state index is 13.1. The summed E-state index contributed by atoms with van der Waals surface area (Å²) in [4.78, 5) is 29.9. The zero-order valence-electron chi connectivity index (χ0n) is 17.4. The third-order valence-corrected chi connectivity index (χ3v) is 5.83. The number of nitrogens with two attached hydrogens (primary N) is 1. The van der Waals surface area contributed by atoms with Crippen molar-refractivity contribution in [3.05, 3.63) is 69.8 Å². The Morgan fingerprint density at radius 1 is 1.16 bits per heavy atom. The van der Waals surface area contributed by atoms with E-state index >= 15 is 0 Å². The van der Waals surface area contributed by atoms with Crippen LogP contribution in [0.1, 0.15) is 45.6 Å². The van der Waals surface area contributed by atoms with Gasteiger partial charge < -0.3 is 16.4 Å².